The molecule has 4 nitrogen and oxygen atoms in total. The molecule has 1 aromatic carbocycles. The van der Waals surface area contributed by atoms with E-state index in [1.165, 1.54) is 0 Å². The predicted molar refractivity (Wildman–Crippen MR) is 67.2 cm³/mol. The summed E-state index contributed by atoms with van der Waals surface area (Å²) in [5.74, 6) is 0.0646. The minimum Gasteiger partial charge on any atom is -0.508 e. The average molecular weight is 237 g/mol. The Balaban J connectivity index is 2.67. The van der Waals surface area contributed by atoms with E-state index in [0.717, 1.165) is 6.42 Å². The van der Waals surface area contributed by atoms with Crippen molar-refractivity contribution in [3.8, 4) is 5.75 Å². The molecule has 0 spiro atoms. The van der Waals surface area contributed by atoms with Gasteiger partial charge in [0.15, 0.2) is 0 Å². The number of carbonyl (C=O) groups excluding carboxylic acids is 1. The van der Waals surface area contributed by atoms with Crippen LogP contribution in [0.5, 0.6) is 5.75 Å². The summed E-state index contributed by atoms with van der Waals surface area (Å²) in [5.41, 5.74) is 0.692. The van der Waals surface area contributed by atoms with Crippen LogP contribution in [0.1, 0.15) is 20.3 Å². The number of nitrogens with zero attached hydrogens (tertiary/aromatic N) is 1. The van der Waals surface area contributed by atoms with Crippen LogP contribution in [0.25, 0.3) is 0 Å². The molecular formula is C13H19NO3. The smallest absolute Gasteiger partial charge is 0.252 e. The summed E-state index contributed by atoms with van der Waals surface area (Å²) in [6, 6.07) is 6.66. The third-order valence-electron chi connectivity index (χ3n) is 2.33. The lowest BCUT2D eigenvalue weighted by molar-refractivity contribution is -0.123. The Morgan fingerprint density at radius 1 is 1.41 bits per heavy atom. The topological polar surface area (TPSA) is 49.8 Å². The highest BCUT2D eigenvalue weighted by molar-refractivity contribution is 5.94. The van der Waals surface area contributed by atoms with Crippen LogP contribution in [0, 0.1) is 0 Å². The fraction of sp³-hybridized carbons (Fsp3) is 0.462. The molecule has 0 fully saturated rings. The highest BCUT2D eigenvalue weighted by Crippen LogP contribution is 2.19. The van der Waals surface area contributed by atoms with Crippen LogP contribution in [0.4, 0.5) is 5.69 Å². The van der Waals surface area contributed by atoms with Crippen molar-refractivity contribution in [1.82, 2.24) is 0 Å². The van der Waals surface area contributed by atoms with Gasteiger partial charge in [0.1, 0.15) is 12.4 Å². The first kappa shape index (κ1) is 13.5. The van der Waals surface area contributed by atoms with Crippen molar-refractivity contribution < 1.29 is 14.6 Å². The zero-order valence-corrected chi connectivity index (χ0v) is 10.3. The normalized spacial score (nSPS) is 10.2. The van der Waals surface area contributed by atoms with Crippen LogP contribution in [-0.2, 0) is 9.53 Å². The van der Waals surface area contributed by atoms with Crippen LogP contribution < -0.4 is 4.90 Å². The maximum atomic E-state index is 11.9. The molecule has 0 aromatic heterocycles. The Morgan fingerprint density at radius 2 is 2.18 bits per heavy atom. The van der Waals surface area contributed by atoms with Crippen LogP contribution in [0.3, 0.4) is 0 Å². The Kier molecular flexibility index (Phi) is 5.49. The molecule has 0 atom stereocenters. The number of phenols is 1. The summed E-state index contributed by atoms with van der Waals surface area (Å²) in [7, 11) is 0. The second-order valence-electron chi connectivity index (χ2n) is 3.71. The summed E-state index contributed by atoms with van der Waals surface area (Å²) in [6.45, 7) is 5.11. The fourth-order valence-electron chi connectivity index (χ4n) is 1.55. The number of hydrogen-bond donors (Lipinski definition) is 1. The molecular weight excluding hydrogens is 218 g/mol. The lowest BCUT2D eigenvalue weighted by atomic mass is 10.2. The quantitative estimate of drug-likeness (QED) is 0.771. The highest BCUT2D eigenvalue weighted by atomic mass is 16.5. The van der Waals surface area contributed by atoms with Gasteiger partial charge in [0, 0.05) is 24.9 Å². The van der Waals surface area contributed by atoms with Gasteiger partial charge in [-0.2, -0.15) is 0 Å². The largest absolute Gasteiger partial charge is 0.508 e. The van der Waals surface area contributed by atoms with E-state index in [1.807, 2.05) is 13.8 Å². The molecule has 1 N–H and O–H groups in total. The number of likely N-dealkylation sites (N-methyl/N-ethyl adjacent to an activating group) is 1. The number of amides is 1. The zero-order valence-electron chi connectivity index (χ0n) is 10.3. The SMILES string of the molecule is CCCOCC(=O)N(CC)c1cccc(O)c1. The monoisotopic (exact) mass is 237 g/mol. The maximum Gasteiger partial charge on any atom is 0.252 e. The third kappa shape index (κ3) is 4.07. The molecule has 94 valence electrons. The number of ether oxygens (including phenoxy) is 1. The number of aromatic hydroxyl groups is 1. The first-order chi connectivity index (χ1) is 8.19. The Morgan fingerprint density at radius 3 is 2.76 bits per heavy atom. The molecule has 0 radical (unpaired) electrons. The molecule has 1 aromatic rings. The minimum atomic E-state index is -0.0912. The fourth-order valence-corrected chi connectivity index (χ4v) is 1.55. The molecule has 4 heteroatoms. The lowest BCUT2D eigenvalue weighted by Gasteiger charge is -2.21. The number of anilines is 1. The van der Waals surface area contributed by atoms with E-state index in [0.29, 0.717) is 18.8 Å². The minimum absolute atomic E-state index is 0.0807. The van der Waals surface area contributed by atoms with Crippen molar-refractivity contribution in [1.29, 1.82) is 0 Å². The summed E-state index contributed by atoms with van der Waals surface area (Å²) >= 11 is 0. The van der Waals surface area contributed by atoms with E-state index in [-0.39, 0.29) is 18.3 Å². The Hall–Kier alpha value is -1.55. The third-order valence-corrected chi connectivity index (χ3v) is 2.33. The molecule has 1 amide bonds. The van der Waals surface area contributed by atoms with Crippen molar-refractivity contribution in [2.75, 3.05) is 24.7 Å². The average Bonchev–Trinajstić information content (AvgIpc) is 2.30. The van der Waals surface area contributed by atoms with E-state index in [4.69, 9.17) is 4.74 Å². The Labute approximate surface area is 102 Å². The van der Waals surface area contributed by atoms with Crippen LogP contribution in [0.2, 0.25) is 0 Å². The van der Waals surface area contributed by atoms with E-state index in [1.54, 1.807) is 29.2 Å². The van der Waals surface area contributed by atoms with Gasteiger partial charge in [-0.25, -0.2) is 0 Å². The summed E-state index contributed by atoms with van der Waals surface area (Å²) < 4.78 is 5.23. The highest BCUT2D eigenvalue weighted by Gasteiger charge is 2.13. The summed E-state index contributed by atoms with van der Waals surface area (Å²) in [6.07, 6.45) is 0.894. The molecule has 17 heavy (non-hydrogen) atoms. The molecule has 0 saturated heterocycles. The van der Waals surface area contributed by atoms with Gasteiger partial charge in [0.2, 0.25) is 0 Å². The summed E-state index contributed by atoms with van der Waals surface area (Å²) in [4.78, 5) is 13.5. The van der Waals surface area contributed by atoms with Gasteiger partial charge < -0.3 is 14.7 Å². The van der Waals surface area contributed by atoms with Crippen molar-refractivity contribution in [2.45, 2.75) is 20.3 Å². The van der Waals surface area contributed by atoms with Crippen LogP contribution in [-0.4, -0.2) is 30.8 Å². The predicted octanol–water partition coefficient (Wildman–Crippen LogP) is 2.17. The lowest BCUT2D eigenvalue weighted by Crippen LogP contribution is -2.33. The number of phenolic OH excluding ortho intramolecular Hbond substituents is 1. The van der Waals surface area contributed by atoms with E-state index in [9.17, 15) is 9.90 Å². The molecule has 0 aliphatic rings. The molecule has 0 bridgehead atoms. The van der Waals surface area contributed by atoms with Gasteiger partial charge in [-0.3, -0.25) is 4.79 Å². The van der Waals surface area contributed by atoms with Gasteiger partial charge in [0.05, 0.1) is 0 Å². The van der Waals surface area contributed by atoms with Gasteiger partial charge in [-0.1, -0.05) is 13.0 Å². The number of carbonyl (C=O) groups is 1. The molecule has 0 aliphatic heterocycles. The first-order valence-corrected chi connectivity index (χ1v) is 5.86. The number of rotatable bonds is 6. The van der Waals surface area contributed by atoms with Crippen molar-refractivity contribution in [3.05, 3.63) is 24.3 Å². The maximum absolute atomic E-state index is 11.9. The van der Waals surface area contributed by atoms with Crippen LogP contribution in [0.15, 0.2) is 24.3 Å². The van der Waals surface area contributed by atoms with Gasteiger partial charge in [0.25, 0.3) is 5.91 Å². The molecule has 0 aliphatic carbocycles. The number of benzene rings is 1. The van der Waals surface area contributed by atoms with Crippen molar-refractivity contribution in [2.24, 2.45) is 0 Å². The van der Waals surface area contributed by atoms with Crippen molar-refractivity contribution >= 4 is 11.6 Å². The second-order valence-corrected chi connectivity index (χ2v) is 3.71. The van der Waals surface area contributed by atoms with Crippen LogP contribution >= 0.6 is 0 Å². The van der Waals surface area contributed by atoms with Crippen molar-refractivity contribution in [3.63, 3.8) is 0 Å². The standard InChI is InChI=1S/C13H19NO3/c1-3-8-17-10-13(16)14(4-2)11-6-5-7-12(15)9-11/h5-7,9,15H,3-4,8,10H2,1-2H3. The summed E-state index contributed by atoms with van der Waals surface area (Å²) in [5, 5.41) is 9.38. The van der Waals surface area contributed by atoms with Gasteiger partial charge in [-0.15, -0.1) is 0 Å². The van der Waals surface area contributed by atoms with Gasteiger partial charge >= 0.3 is 0 Å². The van der Waals surface area contributed by atoms with E-state index < -0.39 is 0 Å². The zero-order chi connectivity index (χ0) is 12.7. The first-order valence-electron chi connectivity index (χ1n) is 5.86. The van der Waals surface area contributed by atoms with E-state index in [2.05, 4.69) is 0 Å². The molecule has 0 heterocycles. The number of hydrogen-bond acceptors (Lipinski definition) is 3. The van der Waals surface area contributed by atoms with Gasteiger partial charge in [-0.05, 0) is 25.5 Å². The Bertz CT molecular complexity index is 365. The van der Waals surface area contributed by atoms with E-state index >= 15 is 0 Å². The second kappa shape index (κ2) is 6.91. The molecule has 1 rings (SSSR count). The molecule has 0 unspecified atom stereocenters. The molecule has 0 saturated carbocycles.